The monoisotopic (exact) mass is 269 g/mol. The Balaban J connectivity index is 1.97. The summed E-state index contributed by atoms with van der Waals surface area (Å²) in [5.41, 5.74) is 1.35. The van der Waals surface area contributed by atoms with Crippen LogP contribution in [0.25, 0.3) is 10.9 Å². The fraction of sp³-hybridized carbons (Fsp3) is 0.375. The first-order chi connectivity index (χ1) is 9.60. The van der Waals surface area contributed by atoms with Crippen LogP contribution in [0.4, 0.5) is 0 Å². The molecule has 1 amide bonds. The number of carbonyl (C=O) groups is 1. The van der Waals surface area contributed by atoms with Crippen molar-refractivity contribution in [1.82, 2.24) is 10.3 Å². The molecule has 2 N–H and O–H groups in total. The van der Waals surface area contributed by atoms with E-state index < -0.39 is 5.41 Å². The first-order valence-electron chi connectivity index (χ1n) is 6.85. The van der Waals surface area contributed by atoms with Crippen molar-refractivity contribution in [3.63, 3.8) is 0 Å². The number of nitrogens with zero attached hydrogens (tertiary/aromatic N) is 1. The summed E-state index contributed by atoms with van der Waals surface area (Å²) in [6.07, 6.45) is 3.24. The van der Waals surface area contributed by atoms with Crippen molar-refractivity contribution in [2.24, 2.45) is 5.41 Å². The molecule has 1 aromatic heterocycles. The van der Waals surface area contributed by atoms with Crippen LogP contribution >= 0.6 is 0 Å². The first-order valence-corrected chi connectivity index (χ1v) is 6.85. The molecule has 2 rings (SSSR count). The molecule has 4 nitrogen and oxygen atoms in total. The molecule has 1 unspecified atom stereocenters. The molecule has 1 aromatic carbocycles. The van der Waals surface area contributed by atoms with Gasteiger partial charge in [-0.3, -0.25) is 4.79 Å². The number of amides is 1. The molecule has 20 heavy (non-hydrogen) atoms. The SMILES string of the molecule is CCC(C)(C#N)C(=O)NCCc1c[nH]c2ccccc12. The second-order valence-electron chi connectivity index (χ2n) is 5.16. The van der Waals surface area contributed by atoms with Crippen molar-refractivity contribution in [1.29, 1.82) is 5.26 Å². The molecule has 104 valence electrons. The van der Waals surface area contributed by atoms with Gasteiger partial charge in [-0.2, -0.15) is 5.26 Å². The first kappa shape index (κ1) is 14.1. The second kappa shape index (κ2) is 5.79. The Morgan fingerprint density at radius 2 is 2.20 bits per heavy atom. The number of aromatic amines is 1. The molecule has 0 bridgehead atoms. The van der Waals surface area contributed by atoms with Gasteiger partial charge in [0.05, 0.1) is 6.07 Å². The quantitative estimate of drug-likeness (QED) is 0.876. The van der Waals surface area contributed by atoms with Crippen molar-refractivity contribution in [3.05, 3.63) is 36.0 Å². The minimum Gasteiger partial charge on any atom is -0.361 e. The average molecular weight is 269 g/mol. The summed E-state index contributed by atoms with van der Waals surface area (Å²) in [5.74, 6) is -0.192. The summed E-state index contributed by atoms with van der Waals surface area (Å²) in [7, 11) is 0. The second-order valence-corrected chi connectivity index (χ2v) is 5.16. The predicted octanol–water partition coefficient (Wildman–Crippen LogP) is 2.77. The maximum absolute atomic E-state index is 12.0. The highest BCUT2D eigenvalue weighted by atomic mass is 16.2. The van der Waals surface area contributed by atoms with E-state index in [2.05, 4.69) is 22.4 Å². The molecule has 1 heterocycles. The van der Waals surface area contributed by atoms with Gasteiger partial charge in [0, 0.05) is 23.6 Å². The van der Waals surface area contributed by atoms with Crippen LogP contribution in [-0.2, 0) is 11.2 Å². The van der Waals surface area contributed by atoms with Crippen molar-refractivity contribution >= 4 is 16.8 Å². The summed E-state index contributed by atoms with van der Waals surface area (Å²) >= 11 is 0. The number of para-hydroxylation sites is 1. The Morgan fingerprint density at radius 3 is 2.90 bits per heavy atom. The maximum Gasteiger partial charge on any atom is 0.240 e. The van der Waals surface area contributed by atoms with Crippen molar-refractivity contribution in [2.75, 3.05) is 6.54 Å². The summed E-state index contributed by atoms with van der Waals surface area (Å²) in [4.78, 5) is 15.2. The predicted molar refractivity (Wildman–Crippen MR) is 79.0 cm³/mol. The Kier molecular flexibility index (Phi) is 4.09. The van der Waals surface area contributed by atoms with E-state index in [-0.39, 0.29) is 5.91 Å². The number of nitrogens with one attached hydrogen (secondary N) is 2. The van der Waals surface area contributed by atoms with E-state index in [9.17, 15) is 4.79 Å². The number of nitriles is 1. The molecule has 0 aliphatic carbocycles. The topological polar surface area (TPSA) is 68.7 Å². The molecule has 0 fully saturated rings. The van der Waals surface area contributed by atoms with Crippen LogP contribution in [0.2, 0.25) is 0 Å². The van der Waals surface area contributed by atoms with Gasteiger partial charge in [0.2, 0.25) is 5.91 Å². The molecule has 4 heteroatoms. The molecule has 0 radical (unpaired) electrons. The van der Waals surface area contributed by atoms with E-state index in [4.69, 9.17) is 5.26 Å². The highest BCUT2D eigenvalue weighted by Gasteiger charge is 2.30. The van der Waals surface area contributed by atoms with Crippen LogP contribution in [0.15, 0.2) is 30.5 Å². The summed E-state index contributed by atoms with van der Waals surface area (Å²) in [6, 6.07) is 10.2. The maximum atomic E-state index is 12.0. The summed E-state index contributed by atoms with van der Waals surface area (Å²) in [5, 5.41) is 13.1. The lowest BCUT2D eigenvalue weighted by Crippen LogP contribution is -2.38. The lowest BCUT2D eigenvalue weighted by molar-refractivity contribution is -0.127. The van der Waals surface area contributed by atoms with Gasteiger partial charge in [-0.25, -0.2) is 0 Å². The highest BCUT2D eigenvalue weighted by molar-refractivity contribution is 5.85. The van der Waals surface area contributed by atoms with E-state index in [0.717, 1.165) is 11.9 Å². The molecule has 0 saturated carbocycles. The van der Waals surface area contributed by atoms with Crippen LogP contribution in [0.3, 0.4) is 0 Å². The normalized spacial score (nSPS) is 13.7. The fourth-order valence-corrected chi connectivity index (χ4v) is 2.13. The van der Waals surface area contributed by atoms with Crippen LogP contribution in [-0.4, -0.2) is 17.4 Å². The fourth-order valence-electron chi connectivity index (χ4n) is 2.13. The van der Waals surface area contributed by atoms with E-state index in [0.29, 0.717) is 13.0 Å². The standard InChI is InChI=1S/C16H19N3O/c1-3-16(2,11-17)15(20)18-9-8-12-10-19-14-7-5-4-6-13(12)14/h4-7,10,19H,3,8-9H2,1-2H3,(H,18,20). The molecule has 2 aromatic rings. The number of rotatable bonds is 5. The zero-order valence-electron chi connectivity index (χ0n) is 11.9. The summed E-state index contributed by atoms with van der Waals surface area (Å²) < 4.78 is 0. The number of fused-ring (bicyclic) bond motifs is 1. The van der Waals surface area contributed by atoms with E-state index in [1.165, 1.54) is 10.9 Å². The van der Waals surface area contributed by atoms with Gasteiger partial charge in [-0.15, -0.1) is 0 Å². The largest absolute Gasteiger partial charge is 0.361 e. The minimum absolute atomic E-state index is 0.192. The smallest absolute Gasteiger partial charge is 0.240 e. The van der Waals surface area contributed by atoms with E-state index >= 15 is 0 Å². The number of aromatic nitrogens is 1. The number of carbonyl (C=O) groups excluding carboxylic acids is 1. The highest BCUT2D eigenvalue weighted by Crippen LogP contribution is 2.20. The van der Waals surface area contributed by atoms with Crippen LogP contribution < -0.4 is 5.32 Å². The molecule has 0 aliphatic heterocycles. The van der Waals surface area contributed by atoms with Crippen LogP contribution in [0.1, 0.15) is 25.8 Å². The zero-order valence-corrected chi connectivity index (χ0v) is 11.9. The number of benzene rings is 1. The molecule has 0 saturated heterocycles. The van der Waals surface area contributed by atoms with Gasteiger partial charge < -0.3 is 10.3 Å². The van der Waals surface area contributed by atoms with Crippen molar-refractivity contribution < 1.29 is 4.79 Å². The molecular formula is C16H19N3O. The third kappa shape index (κ3) is 2.67. The van der Waals surface area contributed by atoms with E-state index in [1.807, 2.05) is 31.3 Å². The lowest BCUT2D eigenvalue weighted by atomic mass is 9.88. The van der Waals surface area contributed by atoms with E-state index in [1.54, 1.807) is 6.92 Å². The number of hydrogen-bond acceptors (Lipinski definition) is 2. The molecule has 1 atom stereocenters. The third-order valence-electron chi connectivity index (χ3n) is 3.81. The Bertz CT molecular complexity index is 653. The van der Waals surface area contributed by atoms with Gasteiger partial charge in [0.1, 0.15) is 5.41 Å². The Labute approximate surface area is 118 Å². The van der Waals surface area contributed by atoms with Gasteiger partial charge in [-0.1, -0.05) is 25.1 Å². The van der Waals surface area contributed by atoms with Gasteiger partial charge in [0.15, 0.2) is 0 Å². The van der Waals surface area contributed by atoms with Crippen LogP contribution in [0, 0.1) is 16.7 Å². The third-order valence-corrected chi connectivity index (χ3v) is 3.81. The number of hydrogen-bond donors (Lipinski definition) is 2. The van der Waals surface area contributed by atoms with Gasteiger partial charge in [0.25, 0.3) is 0 Å². The van der Waals surface area contributed by atoms with Crippen molar-refractivity contribution in [2.45, 2.75) is 26.7 Å². The lowest BCUT2D eigenvalue weighted by Gasteiger charge is -2.18. The minimum atomic E-state index is -0.930. The Hall–Kier alpha value is -2.28. The molecular weight excluding hydrogens is 250 g/mol. The van der Waals surface area contributed by atoms with Crippen LogP contribution in [0.5, 0.6) is 0 Å². The van der Waals surface area contributed by atoms with Crippen molar-refractivity contribution in [3.8, 4) is 6.07 Å². The molecule has 0 spiro atoms. The number of H-pyrrole nitrogens is 1. The zero-order chi connectivity index (χ0) is 14.6. The van der Waals surface area contributed by atoms with Gasteiger partial charge in [-0.05, 0) is 31.4 Å². The Morgan fingerprint density at radius 1 is 1.45 bits per heavy atom. The van der Waals surface area contributed by atoms with Gasteiger partial charge >= 0.3 is 0 Å². The average Bonchev–Trinajstić information content (AvgIpc) is 2.90. The molecule has 0 aliphatic rings. The summed E-state index contributed by atoms with van der Waals surface area (Å²) in [6.45, 7) is 4.06.